The number of amides is 1. The van der Waals surface area contributed by atoms with Crippen LogP contribution in [0.5, 0.6) is 0 Å². The maximum atomic E-state index is 11.8. The molecule has 0 aliphatic rings. The average Bonchev–Trinajstić information content (AvgIpc) is 2.27. The molecule has 98 valence electrons. The molecule has 0 saturated heterocycles. The van der Waals surface area contributed by atoms with Crippen molar-refractivity contribution in [2.45, 2.75) is 26.3 Å². The molecule has 0 aliphatic heterocycles. The van der Waals surface area contributed by atoms with E-state index in [1.807, 2.05) is 13.8 Å². The average molecular weight is 252 g/mol. The minimum absolute atomic E-state index is 0.0903. The first-order chi connectivity index (χ1) is 8.41. The zero-order valence-electron chi connectivity index (χ0n) is 10.3. The Labute approximate surface area is 104 Å². The fraction of sp³-hybridized carbons (Fsp3) is 0.417. The summed E-state index contributed by atoms with van der Waals surface area (Å²) in [6.45, 7) is 3.72. The molecule has 1 atom stereocenters. The fourth-order valence-electron chi connectivity index (χ4n) is 1.52. The topological polar surface area (TPSA) is 99.3 Å². The van der Waals surface area contributed by atoms with Crippen LogP contribution in [0.2, 0.25) is 0 Å². The van der Waals surface area contributed by atoms with Crippen molar-refractivity contribution in [3.63, 3.8) is 0 Å². The molecular formula is C12H16N2O4. The Morgan fingerprint density at radius 2 is 2.11 bits per heavy atom. The molecule has 1 aromatic rings. The van der Waals surface area contributed by atoms with Crippen LogP contribution in [0, 0.1) is 5.92 Å². The summed E-state index contributed by atoms with van der Waals surface area (Å²) in [4.78, 5) is 36.8. The maximum Gasteiger partial charge on any atom is 0.326 e. The van der Waals surface area contributed by atoms with Gasteiger partial charge in [-0.2, -0.15) is 0 Å². The number of aromatic amines is 1. The number of carboxylic acid groups (broad SMARTS) is 1. The lowest BCUT2D eigenvalue weighted by atomic mass is 10.0. The van der Waals surface area contributed by atoms with Crippen molar-refractivity contribution in [1.82, 2.24) is 10.3 Å². The van der Waals surface area contributed by atoms with Gasteiger partial charge >= 0.3 is 5.97 Å². The molecule has 0 fully saturated rings. The van der Waals surface area contributed by atoms with E-state index in [0.717, 1.165) is 0 Å². The Hall–Kier alpha value is -2.11. The van der Waals surface area contributed by atoms with Crippen LogP contribution in [0.25, 0.3) is 0 Å². The van der Waals surface area contributed by atoms with E-state index in [2.05, 4.69) is 10.3 Å². The number of hydrogen-bond donors (Lipinski definition) is 3. The van der Waals surface area contributed by atoms with Crippen LogP contribution in [0.15, 0.2) is 23.3 Å². The molecule has 0 aliphatic carbocycles. The van der Waals surface area contributed by atoms with Gasteiger partial charge < -0.3 is 15.4 Å². The summed E-state index contributed by atoms with van der Waals surface area (Å²) < 4.78 is 0. The van der Waals surface area contributed by atoms with Gasteiger partial charge in [0.25, 0.3) is 5.91 Å². The van der Waals surface area contributed by atoms with E-state index in [1.54, 1.807) is 0 Å². The summed E-state index contributed by atoms with van der Waals surface area (Å²) in [6.07, 6.45) is 2.97. The Morgan fingerprint density at radius 1 is 1.44 bits per heavy atom. The number of rotatable bonds is 5. The van der Waals surface area contributed by atoms with E-state index in [0.29, 0.717) is 6.42 Å². The highest BCUT2D eigenvalue weighted by Gasteiger charge is 2.22. The first-order valence-corrected chi connectivity index (χ1v) is 5.62. The highest BCUT2D eigenvalue weighted by atomic mass is 16.4. The molecule has 0 saturated carbocycles. The number of pyridine rings is 1. The van der Waals surface area contributed by atoms with E-state index in [-0.39, 0.29) is 11.5 Å². The van der Waals surface area contributed by atoms with E-state index >= 15 is 0 Å². The molecule has 1 rings (SSSR count). The molecule has 1 unspecified atom stereocenters. The normalized spacial score (nSPS) is 12.2. The quantitative estimate of drug-likeness (QED) is 0.714. The zero-order valence-corrected chi connectivity index (χ0v) is 10.3. The molecule has 6 heteroatoms. The van der Waals surface area contributed by atoms with Gasteiger partial charge in [-0.25, -0.2) is 4.79 Å². The SMILES string of the molecule is CC(C)CC(NC(=O)c1c[nH]ccc1=O)C(=O)O. The Balaban J connectivity index is 2.82. The van der Waals surface area contributed by atoms with Gasteiger partial charge in [-0.1, -0.05) is 13.8 Å². The monoisotopic (exact) mass is 252 g/mol. The molecule has 0 spiro atoms. The maximum absolute atomic E-state index is 11.8. The zero-order chi connectivity index (χ0) is 13.7. The molecule has 0 bridgehead atoms. The van der Waals surface area contributed by atoms with Crippen molar-refractivity contribution in [1.29, 1.82) is 0 Å². The van der Waals surface area contributed by atoms with E-state index in [1.165, 1.54) is 18.5 Å². The van der Waals surface area contributed by atoms with Crippen LogP contribution in [-0.4, -0.2) is 28.0 Å². The lowest BCUT2D eigenvalue weighted by molar-refractivity contribution is -0.139. The van der Waals surface area contributed by atoms with Gasteiger partial charge in [-0.05, 0) is 12.3 Å². The van der Waals surface area contributed by atoms with Gasteiger partial charge in [0.05, 0.1) is 0 Å². The van der Waals surface area contributed by atoms with E-state index in [4.69, 9.17) is 5.11 Å². The van der Waals surface area contributed by atoms with Crippen LogP contribution in [0.1, 0.15) is 30.6 Å². The van der Waals surface area contributed by atoms with Crippen LogP contribution in [0.4, 0.5) is 0 Å². The largest absolute Gasteiger partial charge is 0.480 e. The predicted octanol–water partition coefficient (Wildman–Crippen LogP) is 0.604. The first kappa shape index (κ1) is 14.0. The summed E-state index contributed by atoms with van der Waals surface area (Å²) in [5.41, 5.74) is -0.535. The molecule has 3 N–H and O–H groups in total. The Morgan fingerprint density at radius 3 is 2.61 bits per heavy atom. The first-order valence-electron chi connectivity index (χ1n) is 5.62. The van der Waals surface area contributed by atoms with Crippen LogP contribution < -0.4 is 10.7 Å². The van der Waals surface area contributed by atoms with Crippen molar-refractivity contribution in [3.8, 4) is 0 Å². The number of aliphatic carboxylic acids is 1. The van der Waals surface area contributed by atoms with Crippen LogP contribution in [0.3, 0.4) is 0 Å². The van der Waals surface area contributed by atoms with Crippen molar-refractivity contribution in [2.24, 2.45) is 5.92 Å². The van der Waals surface area contributed by atoms with Crippen molar-refractivity contribution < 1.29 is 14.7 Å². The Kier molecular flexibility index (Phi) is 4.65. The van der Waals surface area contributed by atoms with Crippen molar-refractivity contribution >= 4 is 11.9 Å². The molecule has 0 aromatic carbocycles. The highest BCUT2D eigenvalue weighted by Crippen LogP contribution is 2.05. The third-order valence-electron chi connectivity index (χ3n) is 2.38. The lowest BCUT2D eigenvalue weighted by Gasteiger charge is -2.16. The second kappa shape index (κ2) is 6.00. The smallest absolute Gasteiger partial charge is 0.326 e. The number of carboxylic acids is 1. The van der Waals surface area contributed by atoms with Crippen LogP contribution >= 0.6 is 0 Å². The van der Waals surface area contributed by atoms with Gasteiger partial charge in [0.15, 0.2) is 5.43 Å². The molecule has 1 heterocycles. The number of nitrogens with one attached hydrogen (secondary N) is 2. The molecule has 18 heavy (non-hydrogen) atoms. The van der Waals surface area contributed by atoms with Crippen molar-refractivity contribution in [2.75, 3.05) is 0 Å². The highest BCUT2D eigenvalue weighted by molar-refractivity contribution is 5.96. The van der Waals surface area contributed by atoms with E-state index < -0.39 is 23.3 Å². The number of carbonyl (C=O) groups is 2. The van der Waals surface area contributed by atoms with Gasteiger partial charge in [0, 0.05) is 18.5 Å². The molecule has 1 amide bonds. The van der Waals surface area contributed by atoms with Crippen molar-refractivity contribution in [3.05, 3.63) is 34.2 Å². The van der Waals surface area contributed by atoms with Gasteiger partial charge in [0.2, 0.25) is 0 Å². The second-order valence-corrected chi connectivity index (χ2v) is 4.42. The van der Waals surface area contributed by atoms with Gasteiger partial charge in [-0.3, -0.25) is 9.59 Å². The molecule has 1 aromatic heterocycles. The standard InChI is InChI=1S/C12H16N2O4/c1-7(2)5-9(12(17)18)14-11(16)8-6-13-4-3-10(8)15/h3-4,6-7,9H,5H2,1-2H3,(H,13,15)(H,14,16)(H,17,18). The minimum atomic E-state index is -1.11. The predicted molar refractivity (Wildman–Crippen MR) is 65.4 cm³/mol. The molecule has 6 nitrogen and oxygen atoms in total. The summed E-state index contributed by atoms with van der Waals surface area (Å²) in [7, 11) is 0. The fourth-order valence-corrected chi connectivity index (χ4v) is 1.52. The third-order valence-corrected chi connectivity index (χ3v) is 2.38. The lowest BCUT2D eigenvalue weighted by Crippen LogP contribution is -2.43. The molecular weight excluding hydrogens is 236 g/mol. The second-order valence-electron chi connectivity index (χ2n) is 4.42. The summed E-state index contributed by atoms with van der Waals surface area (Å²) in [5, 5.41) is 11.3. The Bertz CT molecular complexity index is 493. The minimum Gasteiger partial charge on any atom is -0.480 e. The number of H-pyrrole nitrogens is 1. The summed E-state index contributed by atoms with van der Waals surface area (Å²) in [5.74, 6) is -1.66. The number of aromatic nitrogens is 1. The van der Waals surface area contributed by atoms with Crippen LogP contribution in [-0.2, 0) is 4.79 Å². The third kappa shape index (κ3) is 3.73. The van der Waals surface area contributed by atoms with Gasteiger partial charge in [0.1, 0.15) is 11.6 Å². The number of hydrogen-bond acceptors (Lipinski definition) is 3. The summed E-state index contributed by atoms with van der Waals surface area (Å²) in [6, 6.07) is 0.227. The molecule has 0 radical (unpaired) electrons. The van der Waals surface area contributed by atoms with E-state index in [9.17, 15) is 14.4 Å². The van der Waals surface area contributed by atoms with Gasteiger partial charge in [-0.15, -0.1) is 0 Å². The summed E-state index contributed by atoms with van der Waals surface area (Å²) >= 11 is 0. The number of carbonyl (C=O) groups excluding carboxylic acids is 1.